The lowest BCUT2D eigenvalue weighted by molar-refractivity contribution is 0.466. The van der Waals surface area contributed by atoms with E-state index in [1.807, 2.05) is 30.2 Å². The average molecular weight is 259 g/mol. The summed E-state index contributed by atoms with van der Waals surface area (Å²) in [5.74, 6) is 0. The van der Waals surface area contributed by atoms with Gasteiger partial charge < -0.3 is 5.32 Å². The zero-order chi connectivity index (χ0) is 13.1. The molecule has 1 N–H and O–H groups in total. The average Bonchev–Trinajstić information content (AvgIpc) is 3.11. The van der Waals surface area contributed by atoms with Crippen LogP contribution < -0.4 is 5.32 Å². The molecule has 5 nitrogen and oxygen atoms in total. The molecule has 0 bridgehead atoms. The highest BCUT2D eigenvalue weighted by atomic mass is 15.3. The Labute approximate surface area is 113 Å². The summed E-state index contributed by atoms with van der Waals surface area (Å²) >= 11 is 0. The molecule has 0 unspecified atom stereocenters. The van der Waals surface area contributed by atoms with Crippen molar-refractivity contribution in [3.8, 4) is 0 Å². The van der Waals surface area contributed by atoms with Gasteiger partial charge in [0.05, 0.1) is 17.9 Å². The van der Waals surface area contributed by atoms with E-state index in [0.29, 0.717) is 6.04 Å². The van der Waals surface area contributed by atoms with Gasteiger partial charge in [-0.3, -0.25) is 9.36 Å². The lowest BCUT2D eigenvalue weighted by Crippen LogP contribution is -2.15. The molecular formula is C14H21N5. The largest absolute Gasteiger partial charge is 0.307 e. The molecule has 0 aromatic carbocycles. The van der Waals surface area contributed by atoms with Crippen LogP contribution in [0, 0.1) is 0 Å². The summed E-state index contributed by atoms with van der Waals surface area (Å²) in [5.41, 5.74) is 2.46. The van der Waals surface area contributed by atoms with Crippen LogP contribution in [0.15, 0.2) is 24.7 Å². The fourth-order valence-corrected chi connectivity index (χ4v) is 2.75. The molecule has 0 aliphatic heterocycles. The molecule has 1 aliphatic carbocycles. The standard InChI is InChI=1S/C14H21N5/c1-18-14(6-7-16-18)10-15-8-12-9-17-19(11-12)13-4-2-3-5-13/h6-7,9,11,13,15H,2-5,8,10H2,1H3. The Morgan fingerprint density at radius 3 is 2.84 bits per heavy atom. The Hall–Kier alpha value is -1.62. The zero-order valence-electron chi connectivity index (χ0n) is 11.4. The van der Waals surface area contributed by atoms with Gasteiger partial charge >= 0.3 is 0 Å². The van der Waals surface area contributed by atoms with Gasteiger partial charge in [0.25, 0.3) is 0 Å². The second-order valence-electron chi connectivity index (χ2n) is 5.32. The predicted octanol–water partition coefficient (Wildman–Crippen LogP) is 2.02. The molecule has 2 aromatic rings. The normalized spacial score (nSPS) is 16.3. The van der Waals surface area contributed by atoms with Gasteiger partial charge in [0.2, 0.25) is 0 Å². The fraction of sp³-hybridized carbons (Fsp3) is 0.571. The Bertz CT molecular complexity index is 521. The van der Waals surface area contributed by atoms with E-state index in [1.54, 1.807) is 0 Å². The third kappa shape index (κ3) is 2.87. The molecule has 2 aromatic heterocycles. The van der Waals surface area contributed by atoms with E-state index >= 15 is 0 Å². The highest BCUT2D eigenvalue weighted by Gasteiger charge is 2.17. The number of aryl methyl sites for hydroxylation is 1. The van der Waals surface area contributed by atoms with Gasteiger partial charge in [-0.2, -0.15) is 10.2 Å². The molecule has 0 radical (unpaired) electrons. The molecule has 19 heavy (non-hydrogen) atoms. The number of aromatic nitrogens is 4. The summed E-state index contributed by atoms with van der Waals surface area (Å²) < 4.78 is 4.04. The van der Waals surface area contributed by atoms with Crippen LogP contribution in [-0.4, -0.2) is 19.6 Å². The Kier molecular flexibility index (Phi) is 3.64. The maximum atomic E-state index is 4.49. The topological polar surface area (TPSA) is 47.7 Å². The first-order valence-electron chi connectivity index (χ1n) is 7.03. The molecule has 0 amide bonds. The first-order chi connectivity index (χ1) is 9.33. The third-order valence-electron chi connectivity index (χ3n) is 3.91. The molecule has 1 aliphatic rings. The van der Waals surface area contributed by atoms with Gasteiger partial charge in [-0.05, 0) is 18.9 Å². The van der Waals surface area contributed by atoms with E-state index < -0.39 is 0 Å². The molecule has 0 atom stereocenters. The predicted molar refractivity (Wildman–Crippen MR) is 73.5 cm³/mol. The lowest BCUT2D eigenvalue weighted by Gasteiger charge is -2.08. The SMILES string of the molecule is Cn1nccc1CNCc1cnn(C2CCCC2)c1. The van der Waals surface area contributed by atoms with Crippen LogP contribution in [0.4, 0.5) is 0 Å². The Morgan fingerprint density at radius 2 is 2.11 bits per heavy atom. The van der Waals surface area contributed by atoms with Crippen molar-refractivity contribution in [1.29, 1.82) is 0 Å². The van der Waals surface area contributed by atoms with Gasteiger partial charge in [0.1, 0.15) is 0 Å². The van der Waals surface area contributed by atoms with Crippen LogP contribution in [0.1, 0.15) is 43.0 Å². The van der Waals surface area contributed by atoms with Gasteiger partial charge in [-0.1, -0.05) is 12.8 Å². The van der Waals surface area contributed by atoms with Crippen LogP contribution in [0.2, 0.25) is 0 Å². The van der Waals surface area contributed by atoms with Crippen molar-refractivity contribution in [2.24, 2.45) is 7.05 Å². The van der Waals surface area contributed by atoms with Crippen LogP contribution in [0.5, 0.6) is 0 Å². The molecule has 3 rings (SSSR count). The van der Waals surface area contributed by atoms with Gasteiger partial charge in [-0.15, -0.1) is 0 Å². The molecule has 102 valence electrons. The summed E-state index contributed by atoms with van der Waals surface area (Å²) in [6.07, 6.45) is 11.3. The van der Waals surface area contributed by atoms with Crippen LogP contribution in [0.25, 0.3) is 0 Å². The number of hydrogen-bond donors (Lipinski definition) is 1. The molecule has 0 saturated heterocycles. The van der Waals surface area contributed by atoms with Crippen LogP contribution in [0.3, 0.4) is 0 Å². The molecule has 1 fully saturated rings. The second kappa shape index (κ2) is 5.57. The number of nitrogens with one attached hydrogen (secondary N) is 1. The summed E-state index contributed by atoms with van der Waals surface area (Å²) in [5, 5.41) is 12.1. The smallest absolute Gasteiger partial charge is 0.0534 e. The van der Waals surface area contributed by atoms with E-state index in [9.17, 15) is 0 Å². The molecule has 1 saturated carbocycles. The van der Waals surface area contributed by atoms with E-state index in [0.717, 1.165) is 13.1 Å². The van der Waals surface area contributed by atoms with Crippen molar-refractivity contribution in [2.45, 2.75) is 44.8 Å². The van der Waals surface area contributed by atoms with E-state index in [2.05, 4.69) is 26.4 Å². The first kappa shape index (κ1) is 12.4. The van der Waals surface area contributed by atoms with Crippen molar-refractivity contribution in [1.82, 2.24) is 24.9 Å². The van der Waals surface area contributed by atoms with Gasteiger partial charge in [-0.25, -0.2) is 0 Å². The number of hydrogen-bond acceptors (Lipinski definition) is 3. The summed E-state index contributed by atoms with van der Waals surface area (Å²) in [6, 6.07) is 2.67. The van der Waals surface area contributed by atoms with E-state index in [4.69, 9.17) is 0 Å². The summed E-state index contributed by atoms with van der Waals surface area (Å²) in [7, 11) is 1.97. The van der Waals surface area contributed by atoms with Crippen molar-refractivity contribution in [3.63, 3.8) is 0 Å². The minimum Gasteiger partial charge on any atom is -0.307 e. The van der Waals surface area contributed by atoms with Crippen LogP contribution >= 0.6 is 0 Å². The quantitative estimate of drug-likeness (QED) is 0.893. The van der Waals surface area contributed by atoms with E-state index in [1.165, 1.54) is 36.9 Å². The number of rotatable bonds is 5. The molecule has 2 heterocycles. The highest BCUT2D eigenvalue weighted by Crippen LogP contribution is 2.28. The monoisotopic (exact) mass is 259 g/mol. The maximum absolute atomic E-state index is 4.49. The lowest BCUT2D eigenvalue weighted by atomic mass is 10.2. The minimum absolute atomic E-state index is 0.630. The molecular weight excluding hydrogens is 238 g/mol. The van der Waals surface area contributed by atoms with Crippen molar-refractivity contribution in [3.05, 3.63) is 35.9 Å². The fourth-order valence-electron chi connectivity index (χ4n) is 2.75. The minimum atomic E-state index is 0.630. The highest BCUT2D eigenvalue weighted by molar-refractivity contribution is 5.05. The first-order valence-corrected chi connectivity index (χ1v) is 7.03. The Morgan fingerprint density at radius 1 is 1.26 bits per heavy atom. The maximum Gasteiger partial charge on any atom is 0.0534 e. The number of nitrogens with zero attached hydrogens (tertiary/aromatic N) is 4. The van der Waals surface area contributed by atoms with E-state index in [-0.39, 0.29) is 0 Å². The zero-order valence-corrected chi connectivity index (χ0v) is 11.4. The van der Waals surface area contributed by atoms with Crippen molar-refractivity contribution >= 4 is 0 Å². The molecule has 5 heteroatoms. The Balaban J connectivity index is 1.51. The third-order valence-corrected chi connectivity index (χ3v) is 3.91. The second-order valence-corrected chi connectivity index (χ2v) is 5.32. The van der Waals surface area contributed by atoms with Crippen molar-refractivity contribution in [2.75, 3.05) is 0 Å². The van der Waals surface area contributed by atoms with Gasteiger partial charge in [0, 0.05) is 38.1 Å². The van der Waals surface area contributed by atoms with Crippen molar-refractivity contribution < 1.29 is 0 Å². The summed E-state index contributed by atoms with van der Waals surface area (Å²) in [4.78, 5) is 0. The van der Waals surface area contributed by atoms with Gasteiger partial charge in [0.15, 0.2) is 0 Å². The summed E-state index contributed by atoms with van der Waals surface area (Å²) in [6.45, 7) is 1.70. The van der Waals surface area contributed by atoms with Crippen LogP contribution in [-0.2, 0) is 20.1 Å². The molecule has 0 spiro atoms.